The molecule has 0 spiro atoms. The highest BCUT2D eigenvalue weighted by molar-refractivity contribution is 6.30. The average molecular weight is 323 g/mol. The van der Waals surface area contributed by atoms with Gasteiger partial charge >= 0.3 is 0 Å². The van der Waals surface area contributed by atoms with Gasteiger partial charge in [0.05, 0.1) is 6.20 Å². The van der Waals surface area contributed by atoms with Crippen LogP contribution in [-0.2, 0) is 11.2 Å². The Labute approximate surface area is 134 Å². The molecule has 1 aromatic heterocycles. The lowest BCUT2D eigenvalue weighted by atomic mass is 10.2. The number of rotatable bonds is 7. The highest BCUT2D eigenvalue weighted by atomic mass is 35.5. The third kappa shape index (κ3) is 4.86. The number of carbonyl (C=O) groups is 1. The molecule has 6 heteroatoms. The largest absolute Gasteiger partial charge is 0.441 e. The van der Waals surface area contributed by atoms with Crippen molar-refractivity contribution in [1.82, 2.24) is 10.3 Å². The average Bonchev–Trinajstić information content (AvgIpc) is 3.00. The Morgan fingerprint density at radius 1 is 1.41 bits per heavy atom. The van der Waals surface area contributed by atoms with Crippen molar-refractivity contribution in [2.45, 2.75) is 19.8 Å². The second-order valence-electron chi connectivity index (χ2n) is 5.22. The Kier molecular flexibility index (Phi) is 5.98. The van der Waals surface area contributed by atoms with Crippen LogP contribution in [0.4, 0.5) is 0 Å². The fourth-order valence-electron chi connectivity index (χ4n) is 1.83. The van der Waals surface area contributed by atoms with E-state index in [1.54, 1.807) is 18.3 Å². The molecule has 118 valence electrons. The smallest absolute Gasteiger partial charge is 0.220 e. The second kappa shape index (κ2) is 7.96. The number of halogens is 1. The number of hydrogen-bond donors (Lipinski definition) is 2. The van der Waals surface area contributed by atoms with Gasteiger partial charge in [0.2, 0.25) is 5.91 Å². The van der Waals surface area contributed by atoms with Gasteiger partial charge in [0.15, 0.2) is 11.7 Å². The van der Waals surface area contributed by atoms with E-state index in [-0.39, 0.29) is 18.4 Å². The molecule has 1 aromatic carbocycles. The monoisotopic (exact) mass is 322 g/mol. The van der Waals surface area contributed by atoms with Gasteiger partial charge in [-0.1, -0.05) is 18.5 Å². The molecule has 0 bridgehead atoms. The summed E-state index contributed by atoms with van der Waals surface area (Å²) in [5.74, 6) is 1.16. The Balaban J connectivity index is 1.84. The van der Waals surface area contributed by atoms with E-state index in [2.05, 4.69) is 10.3 Å². The number of aliphatic hydroxyl groups excluding tert-OH is 1. The van der Waals surface area contributed by atoms with E-state index in [1.165, 1.54) is 0 Å². The molecule has 0 radical (unpaired) electrons. The summed E-state index contributed by atoms with van der Waals surface area (Å²) in [5.41, 5.74) is 0.893. The zero-order valence-corrected chi connectivity index (χ0v) is 13.1. The van der Waals surface area contributed by atoms with Crippen molar-refractivity contribution in [3.05, 3.63) is 41.4 Å². The Bertz CT molecular complexity index is 610. The number of benzene rings is 1. The SMILES string of the molecule is CC(CO)CNC(=O)CCc1ncc(-c2ccc(Cl)cc2)o1. The number of nitrogens with zero attached hydrogens (tertiary/aromatic N) is 1. The number of carbonyl (C=O) groups excluding carboxylic acids is 1. The minimum atomic E-state index is -0.0773. The van der Waals surface area contributed by atoms with E-state index in [0.29, 0.717) is 36.1 Å². The van der Waals surface area contributed by atoms with Crippen molar-refractivity contribution in [2.75, 3.05) is 13.2 Å². The maximum atomic E-state index is 11.7. The molecule has 2 rings (SSSR count). The van der Waals surface area contributed by atoms with Crippen molar-refractivity contribution >= 4 is 17.5 Å². The molecule has 1 atom stereocenters. The van der Waals surface area contributed by atoms with Crippen LogP contribution in [0.25, 0.3) is 11.3 Å². The molecule has 0 aliphatic heterocycles. The van der Waals surface area contributed by atoms with E-state index >= 15 is 0 Å². The van der Waals surface area contributed by atoms with Gasteiger partial charge in [-0.2, -0.15) is 0 Å². The fraction of sp³-hybridized carbons (Fsp3) is 0.375. The Morgan fingerprint density at radius 2 is 2.14 bits per heavy atom. The molecule has 0 aliphatic rings. The van der Waals surface area contributed by atoms with Crippen molar-refractivity contribution in [1.29, 1.82) is 0 Å². The number of hydrogen-bond acceptors (Lipinski definition) is 4. The lowest BCUT2D eigenvalue weighted by Gasteiger charge is -2.08. The maximum Gasteiger partial charge on any atom is 0.220 e. The van der Waals surface area contributed by atoms with E-state index in [1.807, 2.05) is 19.1 Å². The number of aryl methyl sites for hydroxylation is 1. The van der Waals surface area contributed by atoms with Crippen LogP contribution in [-0.4, -0.2) is 29.1 Å². The molecule has 2 aromatic rings. The fourth-order valence-corrected chi connectivity index (χ4v) is 1.96. The van der Waals surface area contributed by atoms with Gasteiger partial charge < -0.3 is 14.8 Å². The molecule has 1 heterocycles. The normalized spacial score (nSPS) is 12.1. The van der Waals surface area contributed by atoms with E-state index in [9.17, 15) is 4.79 Å². The predicted octanol–water partition coefficient (Wildman–Crippen LogP) is 2.67. The van der Waals surface area contributed by atoms with Crippen LogP contribution in [0, 0.1) is 5.92 Å². The molecule has 5 nitrogen and oxygen atoms in total. The number of aromatic nitrogens is 1. The van der Waals surface area contributed by atoms with Gasteiger partial charge in [-0.15, -0.1) is 0 Å². The van der Waals surface area contributed by atoms with Gasteiger partial charge in [0.1, 0.15) is 0 Å². The molecule has 0 saturated heterocycles. The summed E-state index contributed by atoms with van der Waals surface area (Å²) in [7, 11) is 0. The maximum absolute atomic E-state index is 11.7. The number of nitrogens with one attached hydrogen (secondary N) is 1. The van der Waals surface area contributed by atoms with Crippen LogP contribution in [0.15, 0.2) is 34.9 Å². The molecule has 1 unspecified atom stereocenters. The van der Waals surface area contributed by atoms with Crippen molar-refractivity contribution < 1.29 is 14.3 Å². The third-order valence-corrected chi connectivity index (χ3v) is 3.46. The standard InChI is InChI=1S/C16H19ClN2O3/c1-11(10-20)8-18-15(21)6-7-16-19-9-14(22-16)12-2-4-13(17)5-3-12/h2-5,9,11,20H,6-8,10H2,1H3,(H,18,21). The quantitative estimate of drug-likeness (QED) is 0.821. The van der Waals surface area contributed by atoms with Gasteiger partial charge in [0.25, 0.3) is 0 Å². The summed E-state index contributed by atoms with van der Waals surface area (Å²) >= 11 is 5.84. The molecule has 2 N–H and O–H groups in total. The van der Waals surface area contributed by atoms with E-state index in [4.69, 9.17) is 21.1 Å². The first-order valence-corrected chi connectivity index (χ1v) is 7.54. The van der Waals surface area contributed by atoms with Crippen LogP contribution in [0.3, 0.4) is 0 Å². The molecular formula is C16H19ClN2O3. The molecule has 1 amide bonds. The van der Waals surface area contributed by atoms with Crippen molar-refractivity contribution in [3.63, 3.8) is 0 Å². The van der Waals surface area contributed by atoms with Gasteiger partial charge in [-0.3, -0.25) is 4.79 Å². The highest BCUT2D eigenvalue weighted by Crippen LogP contribution is 2.22. The Hall–Kier alpha value is -1.85. The summed E-state index contributed by atoms with van der Waals surface area (Å²) in [6, 6.07) is 7.29. The summed E-state index contributed by atoms with van der Waals surface area (Å²) in [4.78, 5) is 15.9. The van der Waals surface area contributed by atoms with Gasteiger partial charge in [-0.05, 0) is 30.2 Å². The number of oxazole rings is 1. The molecule has 22 heavy (non-hydrogen) atoms. The predicted molar refractivity (Wildman–Crippen MR) is 84.5 cm³/mol. The first-order valence-electron chi connectivity index (χ1n) is 7.16. The van der Waals surface area contributed by atoms with Crippen LogP contribution < -0.4 is 5.32 Å². The molecular weight excluding hydrogens is 304 g/mol. The van der Waals surface area contributed by atoms with Crippen LogP contribution in [0.5, 0.6) is 0 Å². The van der Waals surface area contributed by atoms with Crippen molar-refractivity contribution in [3.8, 4) is 11.3 Å². The topological polar surface area (TPSA) is 75.4 Å². The lowest BCUT2D eigenvalue weighted by Crippen LogP contribution is -2.29. The molecule has 0 aliphatic carbocycles. The number of aliphatic hydroxyl groups is 1. The van der Waals surface area contributed by atoms with Gasteiger partial charge in [-0.25, -0.2) is 4.98 Å². The second-order valence-corrected chi connectivity index (χ2v) is 5.65. The lowest BCUT2D eigenvalue weighted by molar-refractivity contribution is -0.121. The zero-order chi connectivity index (χ0) is 15.9. The summed E-state index contributed by atoms with van der Waals surface area (Å²) < 4.78 is 5.63. The zero-order valence-electron chi connectivity index (χ0n) is 12.4. The first-order chi connectivity index (χ1) is 10.6. The highest BCUT2D eigenvalue weighted by Gasteiger charge is 2.09. The molecule has 0 fully saturated rings. The minimum absolute atomic E-state index is 0.0576. The third-order valence-electron chi connectivity index (χ3n) is 3.21. The van der Waals surface area contributed by atoms with Crippen LogP contribution in [0.1, 0.15) is 19.2 Å². The van der Waals surface area contributed by atoms with E-state index in [0.717, 1.165) is 5.56 Å². The summed E-state index contributed by atoms with van der Waals surface area (Å²) in [6.45, 7) is 2.40. The van der Waals surface area contributed by atoms with Crippen LogP contribution >= 0.6 is 11.6 Å². The summed E-state index contributed by atoms with van der Waals surface area (Å²) in [6.07, 6.45) is 2.38. The van der Waals surface area contributed by atoms with E-state index < -0.39 is 0 Å². The van der Waals surface area contributed by atoms with Gasteiger partial charge in [0, 0.05) is 36.6 Å². The molecule has 0 saturated carbocycles. The minimum Gasteiger partial charge on any atom is -0.441 e. The van der Waals surface area contributed by atoms with Crippen LogP contribution in [0.2, 0.25) is 5.02 Å². The summed E-state index contributed by atoms with van der Waals surface area (Å²) in [5, 5.41) is 12.3. The van der Waals surface area contributed by atoms with Crippen molar-refractivity contribution in [2.24, 2.45) is 5.92 Å². The Morgan fingerprint density at radius 3 is 2.82 bits per heavy atom. The first kappa shape index (κ1) is 16.5. The number of amides is 1.